The van der Waals surface area contributed by atoms with Crippen molar-refractivity contribution in [2.75, 3.05) is 5.32 Å². The minimum absolute atomic E-state index is 0.162. The molecule has 162 valence electrons. The molecule has 0 aliphatic carbocycles. The normalized spacial score (nSPS) is 10.9. The Labute approximate surface area is 187 Å². The molecule has 1 aromatic carbocycles. The van der Waals surface area contributed by atoms with E-state index in [0.29, 0.717) is 34.2 Å². The summed E-state index contributed by atoms with van der Waals surface area (Å²) >= 11 is 0. The average Bonchev–Trinajstić information content (AvgIpc) is 3.26. The van der Waals surface area contributed by atoms with E-state index < -0.39 is 0 Å². The molecule has 4 aromatic heterocycles. The molecule has 1 amide bonds. The number of benzene rings is 1. The van der Waals surface area contributed by atoms with Gasteiger partial charge in [0, 0.05) is 23.5 Å². The second-order valence-corrected chi connectivity index (χ2v) is 7.32. The summed E-state index contributed by atoms with van der Waals surface area (Å²) in [4.78, 5) is 28.5. The number of rotatable bonds is 5. The summed E-state index contributed by atoms with van der Waals surface area (Å²) in [6.45, 7) is 1.60. The highest BCUT2D eigenvalue weighted by molar-refractivity contribution is 5.90. The zero-order valence-electron chi connectivity index (χ0n) is 17.6. The number of pyridine rings is 1. The summed E-state index contributed by atoms with van der Waals surface area (Å²) in [6.07, 6.45) is 1.69. The van der Waals surface area contributed by atoms with Crippen molar-refractivity contribution in [2.24, 2.45) is 0 Å². The van der Waals surface area contributed by atoms with Gasteiger partial charge in [0.2, 0.25) is 11.7 Å². The molecule has 0 saturated heterocycles. The van der Waals surface area contributed by atoms with Crippen molar-refractivity contribution in [3.05, 3.63) is 89.0 Å². The van der Waals surface area contributed by atoms with Gasteiger partial charge < -0.3 is 5.32 Å². The molecular formula is C23H18N8O2. The Hall–Kier alpha value is -4.73. The standard InChI is InChI=1S/C23H18N8O2/c1-15-5-12-22(33)30(28-15)14-21(32)25-17-8-6-16(7-9-17)18-10-11-20-26-27-23(31(20)29-18)19-4-2-3-13-24-19/h2-13H,14H2,1H3,(H,25,32). The second-order valence-electron chi connectivity index (χ2n) is 7.32. The fraction of sp³-hybridized carbons (Fsp3) is 0.0870. The minimum Gasteiger partial charge on any atom is -0.324 e. The van der Waals surface area contributed by atoms with Crippen LogP contribution in [0.4, 0.5) is 5.69 Å². The van der Waals surface area contributed by atoms with E-state index in [0.717, 1.165) is 10.2 Å². The Morgan fingerprint density at radius 3 is 2.55 bits per heavy atom. The van der Waals surface area contributed by atoms with Gasteiger partial charge in [-0.3, -0.25) is 14.6 Å². The summed E-state index contributed by atoms with van der Waals surface area (Å²) in [7, 11) is 0. The van der Waals surface area contributed by atoms with Gasteiger partial charge in [-0.15, -0.1) is 10.2 Å². The monoisotopic (exact) mass is 438 g/mol. The molecule has 0 bridgehead atoms. The summed E-state index contributed by atoms with van der Waals surface area (Å²) in [5, 5.41) is 19.9. The molecule has 0 radical (unpaired) electrons. The first-order valence-electron chi connectivity index (χ1n) is 10.2. The van der Waals surface area contributed by atoms with E-state index in [9.17, 15) is 9.59 Å². The van der Waals surface area contributed by atoms with Gasteiger partial charge in [0.25, 0.3) is 5.56 Å². The molecule has 0 aliphatic heterocycles. The third-order valence-corrected chi connectivity index (χ3v) is 4.91. The van der Waals surface area contributed by atoms with E-state index in [1.807, 2.05) is 42.5 Å². The van der Waals surface area contributed by atoms with Crippen molar-refractivity contribution >= 4 is 17.2 Å². The zero-order valence-corrected chi connectivity index (χ0v) is 17.6. The van der Waals surface area contributed by atoms with Gasteiger partial charge in [-0.1, -0.05) is 18.2 Å². The Kier molecular flexibility index (Phi) is 5.15. The number of nitrogens with zero attached hydrogens (tertiary/aromatic N) is 7. The molecule has 0 fully saturated rings. The van der Waals surface area contributed by atoms with E-state index in [-0.39, 0.29) is 18.0 Å². The molecule has 0 aliphatic rings. The van der Waals surface area contributed by atoms with E-state index in [1.54, 1.807) is 35.8 Å². The van der Waals surface area contributed by atoms with Gasteiger partial charge in [-0.2, -0.15) is 14.7 Å². The number of amides is 1. The predicted octanol–water partition coefficient (Wildman–Crippen LogP) is 2.36. The number of aromatic nitrogens is 7. The number of fused-ring (bicyclic) bond motifs is 1. The van der Waals surface area contributed by atoms with Crippen molar-refractivity contribution in [3.8, 4) is 22.8 Å². The Morgan fingerprint density at radius 2 is 1.76 bits per heavy atom. The molecular weight excluding hydrogens is 420 g/mol. The van der Waals surface area contributed by atoms with Gasteiger partial charge >= 0.3 is 0 Å². The average molecular weight is 438 g/mol. The third-order valence-electron chi connectivity index (χ3n) is 4.91. The quantitative estimate of drug-likeness (QED) is 0.447. The summed E-state index contributed by atoms with van der Waals surface area (Å²) in [5.41, 5.74) is 3.80. The van der Waals surface area contributed by atoms with Crippen LogP contribution in [0, 0.1) is 6.92 Å². The van der Waals surface area contributed by atoms with Crippen molar-refractivity contribution < 1.29 is 4.79 Å². The Balaban J connectivity index is 1.35. The van der Waals surface area contributed by atoms with Crippen LogP contribution in [0.25, 0.3) is 28.4 Å². The molecule has 0 spiro atoms. The molecule has 4 heterocycles. The lowest BCUT2D eigenvalue weighted by Gasteiger charge is -2.08. The summed E-state index contributed by atoms with van der Waals surface area (Å²) in [5.74, 6) is 0.211. The van der Waals surface area contributed by atoms with Gasteiger partial charge in [-0.25, -0.2) is 4.68 Å². The number of hydrogen-bond acceptors (Lipinski definition) is 7. The number of aryl methyl sites for hydroxylation is 1. The smallest absolute Gasteiger partial charge is 0.267 e. The van der Waals surface area contributed by atoms with Crippen molar-refractivity contribution in [1.29, 1.82) is 0 Å². The van der Waals surface area contributed by atoms with E-state index in [1.165, 1.54) is 6.07 Å². The molecule has 0 unspecified atom stereocenters. The van der Waals surface area contributed by atoms with Crippen LogP contribution in [0.15, 0.2) is 77.7 Å². The molecule has 5 aromatic rings. The van der Waals surface area contributed by atoms with Crippen molar-refractivity contribution in [3.63, 3.8) is 0 Å². The SMILES string of the molecule is Cc1ccc(=O)n(CC(=O)Nc2ccc(-c3ccc4nnc(-c5ccccn5)n4n3)cc2)n1. The number of carbonyl (C=O) groups excluding carboxylic acids is 1. The maximum absolute atomic E-state index is 12.3. The molecule has 5 rings (SSSR count). The first-order valence-corrected chi connectivity index (χ1v) is 10.2. The topological polar surface area (TPSA) is 120 Å². The van der Waals surface area contributed by atoms with Gasteiger partial charge in [0.1, 0.15) is 12.2 Å². The third kappa shape index (κ3) is 4.22. The van der Waals surface area contributed by atoms with Crippen LogP contribution in [0.2, 0.25) is 0 Å². The fourth-order valence-corrected chi connectivity index (χ4v) is 3.32. The first kappa shape index (κ1) is 20.2. The lowest BCUT2D eigenvalue weighted by atomic mass is 10.1. The number of nitrogens with one attached hydrogen (secondary N) is 1. The maximum atomic E-state index is 12.3. The van der Waals surface area contributed by atoms with Crippen LogP contribution in [-0.4, -0.2) is 40.5 Å². The van der Waals surface area contributed by atoms with Crippen LogP contribution in [0.3, 0.4) is 0 Å². The zero-order chi connectivity index (χ0) is 22.8. The second kappa shape index (κ2) is 8.42. The molecule has 1 N–H and O–H groups in total. The van der Waals surface area contributed by atoms with Gasteiger partial charge in [0.15, 0.2) is 5.65 Å². The molecule has 0 saturated carbocycles. The van der Waals surface area contributed by atoms with Crippen molar-refractivity contribution in [2.45, 2.75) is 13.5 Å². The first-order chi connectivity index (χ1) is 16.1. The highest BCUT2D eigenvalue weighted by atomic mass is 16.2. The van der Waals surface area contributed by atoms with Crippen LogP contribution in [-0.2, 0) is 11.3 Å². The number of anilines is 1. The van der Waals surface area contributed by atoms with Crippen LogP contribution in [0.1, 0.15) is 5.69 Å². The number of hydrogen-bond donors (Lipinski definition) is 1. The highest BCUT2D eigenvalue weighted by Crippen LogP contribution is 2.22. The molecule has 33 heavy (non-hydrogen) atoms. The van der Waals surface area contributed by atoms with E-state index in [2.05, 4.69) is 30.7 Å². The number of carbonyl (C=O) groups is 1. The van der Waals surface area contributed by atoms with Crippen LogP contribution < -0.4 is 10.9 Å². The van der Waals surface area contributed by atoms with Gasteiger partial charge in [-0.05, 0) is 49.4 Å². The van der Waals surface area contributed by atoms with Gasteiger partial charge in [0.05, 0.1) is 11.4 Å². The maximum Gasteiger partial charge on any atom is 0.267 e. The summed E-state index contributed by atoms with van der Waals surface area (Å²) < 4.78 is 2.79. The lowest BCUT2D eigenvalue weighted by molar-refractivity contribution is -0.117. The van der Waals surface area contributed by atoms with Crippen molar-refractivity contribution in [1.82, 2.24) is 34.6 Å². The van der Waals surface area contributed by atoms with E-state index in [4.69, 9.17) is 0 Å². The van der Waals surface area contributed by atoms with Crippen LogP contribution >= 0.6 is 0 Å². The predicted molar refractivity (Wildman–Crippen MR) is 121 cm³/mol. The fourth-order valence-electron chi connectivity index (χ4n) is 3.32. The lowest BCUT2D eigenvalue weighted by Crippen LogP contribution is -2.29. The highest BCUT2D eigenvalue weighted by Gasteiger charge is 2.12. The molecule has 10 heteroatoms. The molecule has 0 atom stereocenters. The van der Waals surface area contributed by atoms with E-state index >= 15 is 0 Å². The largest absolute Gasteiger partial charge is 0.324 e. The Morgan fingerprint density at radius 1 is 0.909 bits per heavy atom. The Bertz CT molecular complexity index is 1510. The minimum atomic E-state index is -0.341. The molecule has 10 nitrogen and oxygen atoms in total. The summed E-state index contributed by atoms with van der Waals surface area (Å²) in [6, 6.07) is 19.5. The van der Waals surface area contributed by atoms with Crippen LogP contribution in [0.5, 0.6) is 0 Å².